The van der Waals surface area contributed by atoms with Crippen molar-refractivity contribution in [2.45, 2.75) is 44.7 Å². The summed E-state index contributed by atoms with van der Waals surface area (Å²) in [5, 5.41) is 3.85. The van der Waals surface area contributed by atoms with Crippen LogP contribution in [-0.4, -0.2) is 11.0 Å². The van der Waals surface area contributed by atoms with Gasteiger partial charge in [0, 0.05) is 29.5 Å². The smallest absolute Gasteiger partial charge is 0.0410 e. The summed E-state index contributed by atoms with van der Waals surface area (Å²) < 4.78 is 1.08. The van der Waals surface area contributed by atoms with Crippen LogP contribution in [0.5, 0.6) is 0 Å². The Labute approximate surface area is 123 Å². The summed E-state index contributed by atoms with van der Waals surface area (Å²) in [4.78, 5) is 4.25. The van der Waals surface area contributed by atoms with E-state index in [1.807, 2.05) is 12.4 Å². The summed E-state index contributed by atoms with van der Waals surface area (Å²) in [6, 6.07) is 2.95. The lowest BCUT2D eigenvalue weighted by molar-refractivity contribution is -0.0142. The Morgan fingerprint density at radius 3 is 2.37 bits per heavy atom. The van der Waals surface area contributed by atoms with E-state index in [0.717, 1.165) is 40.7 Å². The Morgan fingerprint density at radius 2 is 1.74 bits per heavy atom. The average Bonchev–Trinajstić information content (AvgIpc) is 2.37. The average molecular weight is 321 g/mol. The van der Waals surface area contributed by atoms with Gasteiger partial charge >= 0.3 is 0 Å². The molecule has 2 nitrogen and oxygen atoms in total. The highest BCUT2D eigenvalue weighted by Crippen LogP contribution is 2.53. The molecule has 0 aliphatic heterocycles. The second kappa shape index (κ2) is 4.85. The summed E-state index contributed by atoms with van der Waals surface area (Å²) in [5.74, 6) is 4.04. The van der Waals surface area contributed by atoms with Crippen molar-refractivity contribution < 1.29 is 0 Å². The molecule has 1 aromatic rings. The van der Waals surface area contributed by atoms with Crippen LogP contribution in [-0.2, 0) is 6.54 Å². The van der Waals surface area contributed by atoms with Crippen LogP contribution in [0.15, 0.2) is 22.9 Å². The predicted molar refractivity (Wildman–Crippen MR) is 79.6 cm³/mol. The minimum Gasteiger partial charge on any atom is -0.309 e. The standard InChI is InChI=1S/C16H21BrN2/c17-15-6-12(7-18-9-15)8-19-16-13-2-10-1-11(4-13)5-14(16)3-10/h6-7,9-11,13-14,16,19H,1-5,8H2. The zero-order chi connectivity index (χ0) is 12.8. The molecule has 0 unspecified atom stereocenters. The van der Waals surface area contributed by atoms with Crippen LogP contribution in [0.3, 0.4) is 0 Å². The molecule has 4 saturated carbocycles. The topological polar surface area (TPSA) is 24.9 Å². The molecule has 4 bridgehead atoms. The monoisotopic (exact) mass is 320 g/mol. The van der Waals surface area contributed by atoms with Crippen molar-refractivity contribution in [1.82, 2.24) is 10.3 Å². The van der Waals surface area contributed by atoms with Crippen LogP contribution < -0.4 is 5.32 Å². The van der Waals surface area contributed by atoms with Gasteiger partial charge in [0.05, 0.1) is 0 Å². The van der Waals surface area contributed by atoms with E-state index in [0.29, 0.717) is 0 Å². The molecular weight excluding hydrogens is 300 g/mol. The maximum Gasteiger partial charge on any atom is 0.0410 e. The van der Waals surface area contributed by atoms with Crippen molar-refractivity contribution in [1.29, 1.82) is 0 Å². The fraction of sp³-hybridized carbons (Fsp3) is 0.688. The molecule has 0 aromatic carbocycles. The highest BCUT2D eigenvalue weighted by molar-refractivity contribution is 9.10. The van der Waals surface area contributed by atoms with Crippen LogP contribution in [0, 0.1) is 23.7 Å². The van der Waals surface area contributed by atoms with Gasteiger partial charge < -0.3 is 5.32 Å². The van der Waals surface area contributed by atoms with Crippen molar-refractivity contribution in [3.05, 3.63) is 28.5 Å². The van der Waals surface area contributed by atoms with Gasteiger partial charge in [-0.2, -0.15) is 0 Å². The van der Waals surface area contributed by atoms with Gasteiger partial charge in [-0.05, 0) is 83.3 Å². The Hall–Kier alpha value is -0.410. The molecule has 0 saturated heterocycles. The molecule has 1 N–H and O–H groups in total. The van der Waals surface area contributed by atoms with Gasteiger partial charge in [0.1, 0.15) is 0 Å². The quantitative estimate of drug-likeness (QED) is 0.917. The molecular formula is C16H21BrN2. The second-order valence-corrected chi connectivity index (χ2v) is 7.76. The summed E-state index contributed by atoms with van der Waals surface area (Å²) >= 11 is 3.50. The van der Waals surface area contributed by atoms with Crippen molar-refractivity contribution in [2.24, 2.45) is 23.7 Å². The number of nitrogens with zero attached hydrogens (tertiary/aromatic N) is 1. The van der Waals surface area contributed by atoms with E-state index in [1.54, 1.807) is 0 Å². The molecule has 5 rings (SSSR count). The lowest BCUT2D eigenvalue weighted by atomic mass is 9.54. The number of hydrogen-bond donors (Lipinski definition) is 1. The van der Waals surface area contributed by atoms with E-state index in [2.05, 4.69) is 32.3 Å². The van der Waals surface area contributed by atoms with Crippen molar-refractivity contribution in [2.75, 3.05) is 0 Å². The third-order valence-corrected chi connectivity index (χ3v) is 5.96. The number of rotatable bonds is 3. The van der Waals surface area contributed by atoms with Crippen LogP contribution in [0.25, 0.3) is 0 Å². The normalized spacial score (nSPS) is 39.7. The zero-order valence-electron chi connectivity index (χ0n) is 11.2. The first kappa shape index (κ1) is 12.3. The van der Waals surface area contributed by atoms with E-state index in [9.17, 15) is 0 Å². The largest absolute Gasteiger partial charge is 0.309 e. The Kier molecular flexibility index (Phi) is 3.15. The number of halogens is 1. The Bertz CT molecular complexity index is 446. The SMILES string of the molecule is Brc1cncc(CNC2C3CC4CC(C3)CC2C4)c1. The lowest BCUT2D eigenvalue weighted by Gasteiger charge is -2.54. The molecule has 0 spiro atoms. The maximum absolute atomic E-state index is 4.25. The Balaban J connectivity index is 1.43. The molecule has 4 aliphatic carbocycles. The highest BCUT2D eigenvalue weighted by Gasteiger charge is 2.47. The summed E-state index contributed by atoms with van der Waals surface area (Å²) in [5.41, 5.74) is 1.29. The first-order valence-corrected chi connectivity index (χ1v) is 8.40. The molecule has 1 aromatic heterocycles. The fourth-order valence-corrected chi connectivity index (χ4v) is 5.46. The van der Waals surface area contributed by atoms with E-state index in [-0.39, 0.29) is 0 Å². The summed E-state index contributed by atoms with van der Waals surface area (Å²) in [7, 11) is 0. The van der Waals surface area contributed by atoms with Gasteiger partial charge in [-0.3, -0.25) is 4.98 Å². The van der Waals surface area contributed by atoms with Crippen molar-refractivity contribution in [3.63, 3.8) is 0 Å². The number of nitrogens with one attached hydrogen (secondary N) is 1. The van der Waals surface area contributed by atoms with Gasteiger partial charge in [-0.25, -0.2) is 0 Å². The molecule has 4 aliphatic rings. The minimum atomic E-state index is 0.770. The molecule has 0 amide bonds. The van der Waals surface area contributed by atoms with E-state index >= 15 is 0 Å². The van der Waals surface area contributed by atoms with Crippen LogP contribution in [0.4, 0.5) is 0 Å². The van der Waals surface area contributed by atoms with E-state index < -0.39 is 0 Å². The van der Waals surface area contributed by atoms with Crippen LogP contribution >= 0.6 is 15.9 Å². The van der Waals surface area contributed by atoms with Gasteiger partial charge in [0.2, 0.25) is 0 Å². The molecule has 0 radical (unpaired) electrons. The summed E-state index contributed by atoms with van der Waals surface area (Å²) in [6.45, 7) is 0.972. The van der Waals surface area contributed by atoms with Crippen LogP contribution in [0.1, 0.15) is 37.7 Å². The van der Waals surface area contributed by atoms with Gasteiger partial charge in [-0.15, -0.1) is 0 Å². The third kappa shape index (κ3) is 2.36. The second-order valence-electron chi connectivity index (χ2n) is 6.85. The molecule has 3 heteroatoms. The molecule has 4 fully saturated rings. The maximum atomic E-state index is 4.25. The zero-order valence-corrected chi connectivity index (χ0v) is 12.8. The molecule has 1 heterocycles. The molecule has 102 valence electrons. The lowest BCUT2D eigenvalue weighted by Crippen LogP contribution is -2.54. The third-order valence-electron chi connectivity index (χ3n) is 5.53. The predicted octanol–water partition coefficient (Wildman–Crippen LogP) is 3.76. The number of pyridine rings is 1. The number of hydrogen-bond acceptors (Lipinski definition) is 2. The van der Waals surface area contributed by atoms with Crippen molar-refractivity contribution >= 4 is 15.9 Å². The fourth-order valence-electron chi connectivity index (χ4n) is 5.05. The van der Waals surface area contributed by atoms with Crippen molar-refractivity contribution in [3.8, 4) is 0 Å². The number of aromatic nitrogens is 1. The van der Waals surface area contributed by atoms with E-state index in [4.69, 9.17) is 0 Å². The van der Waals surface area contributed by atoms with Gasteiger partial charge in [0.25, 0.3) is 0 Å². The minimum absolute atomic E-state index is 0.770. The molecule has 19 heavy (non-hydrogen) atoms. The first-order chi connectivity index (χ1) is 9.28. The van der Waals surface area contributed by atoms with Crippen LogP contribution in [0.2, 0.25) is 0 Å². The Morgan fingerprint density at radius 1 is 1.05 bits per heavy atom. The summed E-state index contributed by atoms with van der Waals surface area (Å²) in [6.07, 6.45) is 11.3. The first-order valence-electron chi connectivity index (χ1n) is 7.61. The molecule has 0 atom stereocenters. The highest BCUT2D eigenvalue weighted by atomic mass is 79.9. The van der Waals surface area contributed by atoms with Gasteiger partial charge in [-0.1, -0.05) is 0 Å². The van der Waals surface area contributed by atoms with Gasteiger partial charge in [0.15, 0.2) is 0 Å². The van der Waals surface area contributed by atoms with E-state index in [1.165, 1.54) is 37.7 Å².